The van der Waals surface area contributed by atoms with Crippen LogP contribution in [0.3, 0.4) is 0 Å². The molecule has 0 spiro atoms. The molecule has 1 saturated heterocycles. The Morgan fingerprint density at radius 2 is 2.10 bits per heavy atom. The molecule has 0 unspecified atom stereocenters. The van der Waals surface area contributed by atoms with Crippen LogP contribution >= 0.6 is 0 Å². The van der Waals surface area contributed by atoms with Gasteiger partial charge in [-0.15, -0.1) is 0 Å². The van der Waals surface area contributed by atoms with E-state index in [1.54, 1.807) is 6.20 Å². The van der Waals surface area contributed by atoms with Crippen molar-refractivity contribution < 1.29 is 9.21 Å². The minimum Gasteiger partial charge on any atom is -0.435 e. The number of piperidine rings is 1. The maximum absolute atomic E-state index is 12.2. The number of carbonyl (C=O) groups is 1. The first-order valence-electron chi connectivity index (χ1n) is 8.28. The summed E-state index contributed by atoms with van der Waals surface area (Å²) in [5.41, 5.74) is 0. The second-order valence-corrected chi connectivity index (χ2v) is 6.76. The Hall–Kier alpha value is -1.36. The summed E-state index contributed by atoms with van der Waals surface area (Å²) in [6, 6.07) is 0.371. The summed E-state index contributed by atoms with van der Waals surface area (Å²) in [5.74, 6) is 2.95. The van der Waals surface area contributed by atoms with Gasteiger partial charge in [0, 0.05) is 12.0 Å². The largest absolute Gasteiger partial charge is 0.435 e. The van der Waals surface area contributed by atoms with Crippen molar-refractivity contribution in [1.82, 2.24) is 15.6 Å². The number of oxazole rings is 1. The normalized spacial score (nSPS) is 29.9. The van der Waals surface area contributed by atoms with Gasteiger partial charge >= 0.3 is 0 Å². The molecule has 2 heterocycles. The van der Waals surface area contributed by atoms with Gasteiger partial charge in [0.25, 0.3) is 5.91 Å². The van der Waals surface area contributed by atoms with E-state index in [0.29, 0.717) is 17.7 Å². The Bertz CT molecular complexity index is 517. The number of aromatic nitrogens is 1. The number of amides is 1. The fourth-order valence-corrected chi connectivity index (χ4v) is 3.66. The van der Waals surface area contributed by atoms with E-state index < -0.39 is 0 Å². The maximum atomic E-state index is 12.2. The van der Waals surface area contributed by atoms with Gasteiger partial charge in [-0.25, -0.2) is 4.98 Å². The van der Waals surface area contributed by atoms with Crippen LogP contribution in [0.2, 0.25) is 0 Å². The zero-order valence-corrected chi connectivity index (χ0v) is 12.3. The minimum atomic E-state index is -0.0884. The van der Waals surface area contributed by atoms with Crippen LogP contribution in [-0.2, 0) is 0 Å². The summed E-state index contributed by atoms with van der Waals surface area (Å²) in [4.78, 5) is 16.5. The molecule has 0 bridgehead atoms. The van der Waals surface area contributed by atoms with Crippen LogP contribution in [0.4, 0.5) is 0 Å². The Morgan fingerprint density at radius 1 is 1.29 bits per heavy atom. The summed E-state index contributed by atoms with van der Waals surface area (Å²) in [5, 5.41) is 6.43. The van der Waals surface area contributed by atoms with E-state index in [-0.39, 0.29) is 5.91 Å². The van der Waals surface area contributed by atoms with E-state index in [9.17, 15) is 4.79 Å². The zero-order chi connectivity index (χ0) is 14.2. The minimum absolute atomic E-state index is 0.0884. The molecule has 0 aromatic carbocycles. The van der Waals surface area contributed by atoms with Crippen LogP contribution in [-0.4, -0.2) is 30.0 Å². The van der Waals surface area contributed by atoms with Crippen LogP contribution < -0.4 is 10.6 Å². The summed E-state index contributed by atoms with van der Waals surface area (Å²) < 4.78 is 5.70. The molecule has 1 amide bonds. The standard InChI is InChI=1S/C16H23N3O2/c20-15(19-13-8-12(13)10-2-1-3-10)14-9-18-16(21-14)11-4-6-17-7-5-11/h9-13,17H,1-8H2,(H,19,20)/t12-,13+/m0/s1. The molecule has 114 valence electrons. The first-order valence-corrected chi connectivity index (χ1v) is 8.28. The number of nitrogens with zero attached hydrogens (tertiary/aromatic N) is 1. The van der Waals surface area contributed by atoms with Gasteiger partial charge in [0.2, 0.25) is 5.76 Å². The van der Waals surface area contributed by atoms with E-state index >= 15 is 0 Å². The fraction of sp³-hybridized carbons (Fsp3) is 0.750. The molecule has 1 aliphatic heterocycles. The third-order valence-electron chi connectivity index (χ3n) is 5.35. The smallest absolute Gasteiger partial charge is 0.288 e. The topological polar surface area (TPSA) is 67.2 Å². The maximum Gasteiger partial charge on any atom is 0.288 e. The molecule has 21 heavy (non-hydrogen) atoms. The van der Waals surface area contributed by atoms with Crippen molar-refractivity contribution >= 4 is 5.91 Å². The van der Waals surface area contributed by atoms with Crippen LogP contribution in [0.15, 0.2) is 10.6 Å². The van der Waals surface area contributed by atoms with Gasteiger partial charge in [-0.2, -0.15) is 0 Å². The molecule has 2 N–H and O–H groups in total. The van der Waals surface area contributed by atoms with Crippen LogP contribution in [0.5, 0.6) is 0 Å². The lowest BCUT2D eigenvalue weighted by Gasteiger charge is -2.25. The first-order chi connectivity index (χ1) is 10.3. The Labute approximate surface area is 124 Å². The van der Waals surface area contributed by atoms with Crippen molar-refractivity contribution in [2.45, 2.75) is 50.5 Å². The zero-order valence-electron chi connectivity index (χ0n) is 12.3. The molecule has 5 nitrogen and oxygen atoms in total. The number of hydrogen-bond acceptors (Lipinski definition) is 4. The summed E-state index contributed by atoms with van der Waals surface area (Å²) in [6.07, 6.45) is 8.86. The van der Waals surface area contributed by atoms with Crippen molar-refractivity contribution in [3.63, 3.8) is 0 Å². The molecule has 3 fully saturated rings. The lowest BCUT2D eigenvalue weighted by atomic mass is 9.81. The number of hydrogen-bond donors (Lipinski definition) is 2. The fourth-order valence-electron chi connectivity index (χ4n) is 3.66. The molecule has 2 saturated carbocycles. The Balaban J connectivity index is 1.33. The van der Waals surface area contributed by atoms with Crippen molar-refractivity contribution in [2.24, 2.45) is 11.8 Å². The highest BCUT2D eigenvalue weighted by Gasteiger charge is 2.45. The second-order valence-electron chi connectivity index (χ2n) is 6.76. The van der Waals surface area contributed by atoms with Gasteiger partial charge in [-0.05, 0) is 44.2 Å². The van der Waals surface area contributed by atoms with Gasteiger partial charge in [-0.3, -0.25) is 4.79 Å². The molecule has 1 aromatic rings. The highest BCUT2D eigenvalue weighted by atomic mass is 16.4. The summed E-state index contributed by atoms with van der Waals surface area (Å²) in [6.45, 7) is 2.00. The predicted octanol–water partition coefficient (Wildman–Crippen LogP) is 2.06. The number of nitrogens with one attached hydrogen (secondary N) is 2. The third kappa shape index (κ3) is 2.71. The van der Waals surface area contributed by atoms with E-state index in [0.717, 1.165) is 50.1 Å². The van der Waals surface area contributed by atoms with E-state index in [1.807, 2.05) is 0 Å². The molecule has 1 aromatic heterocycles. The Morgan fingerprint density at radius 3 is 2.81 bits per heavy atom. The third-order valence-corrected chi connectivity index (χ3v) is 5.35. The average molecular weight is 289 g/mol. The average Bonchev–Trinajstić information content (AvgIpc) is 3.02. The SMILES string of the molecule is O=C(N[C@@H]1C[C@H]1C1CCC1)c1cnc(C2CCNCC2)o1. The van der Waals surface area contributed by atoms with Gasteiger partial charge in [0.15, 0.2) is 5.89 Å². The first kappa shape index (κ1) is 13.3. The van der Waals surface area contributed by atoms with Gasteiger partial charge in [0.05, 0.1) is 6.20 Å². The van der Waals surface area contributed by atoms with Crippen molar-refractivity contribution in [2.75, 3.05) is 13.1 Å². The van der Waals surface area contributed by atoms with E-state index in [1.165, 1.54) is 19.3 Å². The lowest BCUT2D eigenvalue weighted by molar-refractivity contribution is 0.0914. The summed E-state index contributed by atoms with van der Waals surface area (Å²) in [7, 11) is 0. The van der Waals surface area contributed by atoms with Crippen LogP contribution in [0.1, 0.15) is 60.9 Å². The second kappa shape index (κ2) is 5.44. The number of carbonyl (C=O) groups excluding carboxylic acids is 1. The lowest BCUT2D eigenvalue weighted by Crippen LogP contribution is -2.29. The quantitative estimate of drug-likeness (QED) is 0.890. The van der Waals surface area contributed by atoms with Crippen molar-refractivity contribution in [1.29, 1.82) is 0 Å². The molecule has 2 atom stereocenters. The van der Waals surface area contributed by atoms with Crippen LogP contribution in [0, 0.1) is 11.8 Å². The predicted molar refractivity (Wildman–Crippen MR) is 78.0 cm³/mol. The van der Waals surface area contributed by atoms with Crippen molar-refractivity contribution in [3.05, 3.63) is 17.8 Å². The molecule has 2 aliphatic carbocycles. The summed E-state index contributed by atoms with van der Waals surface area (Å²) >= 11 is 0. The van der Waals surface area contributed by atoms with Gasteiger partial charge < -0.3 is 15.1 Å². The Kier molecular flexibility index (Phi) is 3.45. The van der Waals surface area contributed by atoms with Crippen LogP contribution in [0.25, 0.3) is 0 Å². The molecule has 5 heteroatoms. The van der Waals surface area contributed by atoms with E-state index in [4.69, 9.17) is 4.42 Å². The van der Waals surface area contributed by atoms with Crippen molar-refractivity contribution in [3.8, 4) is 0 Å². The molecule has 3 aliphatic rings. The van der Waals surface area contributed by atoms with E-state index in [2.05, 4.69) is 15.6 Å². The molecular weight excluding hydrogens is 266 g/mol. The molecular formula is C16H23N3O2. The molecule has 0 radical (unpaired) electrons. The monoisotopic (exact) mass is 289 g/mol. The van der Waals surface area contributed by atoms with Gasteiger partial charge in [-0.1, -0.05) is 19.3 Å². The number of rotatable bonds is 4. The molecule has 4 rings (SSSR count). The van der Waals surface area contributed by atoms with Gasteiger partial charge in [0.1, 0.15) is 0 Å². The highest BCUT2D eigenvalue weighted by Crippen LogP contribution is 2.47. The highest BCUT2D eigenvalue weighted by molar-refractivity contribution is 5.91.